The minimum Gasteiger partial charge on any atom is -0.494 e. The highest BCUT2D eigenvalue weighted by molar-refractivity contribution is 7.17. The number of nitrogens with zero attached hydrogens (tertiary/aromatic N) is 2. The van der Waals surface area contributed by atoms with Gasteiger partial charge in [-0.25, -0.2) is 4.98 Å². The fraction of sp³-hybridized carbons (Fsp3) is 0.350. The molecule has 1 aromatic carbocycles. The average molecular weight is 402 g/mol. The predicted octanol–water partition coefficient (Wildman–Crippen LogP) is 3.78. The van der Waals surface area contributed by atoms with E-state index in [1.165, 1.54) is 11.3 Å². The van der Waals surface area contributed by atoms with Crippen molar-refractivity contribution in [1.82, 2.24) is 9.38 Å². The van der Waals surface area contributed by atoms with E-state index in [-0.39, 0.29) is 12.4 Å². The van der Waals surface area contributed by atoms with Gasteiger partial charge < -0.3 is 14.2 Å². The molecule has 8 heteroatoms. The molecule has 0 N–H and O–H groups in total. The molecular formula is C20H22N2O5S. The van der Waals surface area contributed by atoms with E-state index in [1.54, 1.807) is 17.5 Å². The number of benzene rings is 1. The van der Waals surface area contributed by atoms with Gasteiger partial charge in [0.2, 0.25) is 0 Å². The highest BCUT2D eigenvalue weighted by atomic mass is 32.1. The maximum Gasteiger partial charge on any atom is 0.311 e. The lowest BCUT2D eigenvalue weighted by Gasteiger charge is -2.11. The van der Waals surface area contributed by atoms with Crippen molar-refractivity contribution in [3.8, 4) is 22.8 Å². The molecule has 0 aliphatic rings. The molecule has 0 fully saturated rings. The number of ether oxygens (including phenoxy) is 3. The zero-order chi connectivity index (χ0) is 20.1. The quantitative estimate of drug-likeness (QED) is 0.400. The third kappa shape index (κ3) is 4.01. The fourth-order valence-electron chi connectivity index (χ4n) is 2.89. The number of esters is 1. The van der Waals surface area contributed by atoms with Gasteiger partial charge in [0.25, 0.3) is 0 Å². The molecule has 148 valence electrons. The van der Waals surface area contributed by atoms with Gasteiger partial charge in [0, 0.05) is 16.6 Å². The Balaban J connectivity index is 2.05. The van der Waals surface area contributed by atoms with E-state index >= 15 is 0 Å². The molecule has 0 spiro atoms. The number of aldehydes is 1. The van der Waals surface area contributed by atoms with Crippen molar-refractivity contribution in [2.75, 3.05) is 19.8 Å². The summed E-state index contributed by atoms with van der Waals surface area (Å²) in [6.45, 7) is 6.93. The van der Waals surface area contributed by atoms with Gasteiger partial charge in [-0.05, 0) is 39.0 Å². The van der Waals surface area contributed by atoms with Crippen LogP contribution in [-0.2, 0) is 16.0 Å². The Bertz CT molecular complexity index is 992. The molecule has 2 heterocycles. The summed E-state index contributed by atoms with van der Waals surface area (Å²) in [5.74, 6) is 1.01. The van der Waals surface area contributed by atoms with Crippen molar-refractivity contribution in [3.05, 3.63) is 35.0 Å². The number of rotatable bonds is 9. The molecule has 0 radical (unpaired) electrons. The Hall–Kier alpha value is -2.87. The second-order valence-corrected chi connectivity index (χ2v) is 6.91. The highest BCUT2D eigenvalue weighted by Crippen LogP contribution is 2.36. The van der Waals surface area contributed by atoms with Crippen LogP contribution in [0.25, 0.3) is 16.2 Å². The zero-order valence-electron chi connectivity index (χ0n) is 16.1. The smallest absolute Gasteiger partial charge is 0.311 e. The van der Waals surface area contributed by atoms with Crippen LogP contribution in [0.4, 0.5) is 0 Å². The Morgan fingerprint density at radius 2 is 1.96 bits per heavy atom. The lowest BCUT2D eigenvalue weighted by Crippen LogP contribution is -2.06. The Morgan fingerprint density at radius 3 is 2.64 bits per heavy atom. The lowest BCUT2D eigenvalue weighted by molar-refractivity contribution is -0.142. The lowest BCUT2D eigenvalue weighted by atomic mass is 10.1. The molecule has 0 unspecified atom stereocenters. The molecule has 3 rings (SSSR count). The molecule has 0 atom stereocenters. The predicted molar refractivity (Wildman–Crippen MR) is 107 cm³/mol. The monoisotopic (exact) mass is 402 g/mol. The summed E-state index contributed by atoms with van der Waals surface area (Å²) in [5, 5.41) is 0. The summed E-state index contributed by atoms with van der Waals surface area (Å²) in [6.07, 6.45) is 2.67. The number of hydrogen-bond acceptors (Lipinski definition) is 7. The first-order valence-corrected chi connectivity index (χ1v) is 9.94. The molecule has 0 aliphatic carbocycles. The van der Waals surface area contributed by atoms with E-state index in [0.29, 0.717) is 53.2 Å². The molecule has 2 aromatic heterocycles. The van der Waals surface area contributed by atoms with Crippen LogP contribution < -0.4 is 9.47 Å². The van der Waals surface area contributed by atoms with E-state index < -0.39 is 0 Å². The van der Waals surface area contributed by atoms with Crippen LogP contribution >= 0.6 is 11.3 Å². The number of aromatic nitrogens is 2. The third-order valence-electron chi connectivity index (χ3n) is 3.96. The second kappa shape index (κ2) is 8.88. The zero-order valence-corrected chi connectivity index (χ0v) is 16.9. The Kier molecular flexibility index (Phi) is 6.30. The maximum atomic E-state index is 11.9. The van der Waals surface area contributed by atoms with Crippen LogP contribution in [0.5, 0.6) is 11.5 Å². The van der Waals surface area contributed by atoms with Gasteiger partial charge in [0.15, 0.2) is 11.2 Å². The summed E-state index contributed by atoms with van der Waals surface area (Å²) in [6, 6.07) is 5.47. The summed E-state index contributed by atoms with van der Waals surface area (Å²) < 4.78 is 18.0. The molecule has 0 saturated carbocycles. The van der Waals surface area contributed by atoms with Crippen molar-refractivity contribution in [2.45, 2.75) is 27.2 Å². The van der Waals surface area contributed by atoms with E-state index in [1.807, 2.05) is 32.0 Å². The van der Waals surface area contributed by atoms with Crippen molar-refractivity contribution < 1.29 is 23.8 Å². The fourth-order valence-corrected chi connectivity index (χ4v) is 3.86. The molecule has 0 aliphatic heterocycles. The van der Waals surface area contributed by atoms with Crippen LogP contribution in [-0.4, -0.2) is 41.5 Å². The first-order chi connectivity index (χ1) is 13.6. The van der Waals surface area contributed by atoms with E-state index in [0.717, 1.165) is 11.2 Å². The van der Waals surface area contributed by atoms with Gasteiger partial charge in [-0.2, -0.15) is 0 Å². The first-order valence-electron chi connectivity index (χ1n) is 9.12. The molecular weight excluding hydrogens is 380 g/mol. The minimum absolute atomic E-state index is 0.152. The Morgan fingerprint density at radius 1 is 1.18 bits per heavy atom. The van der Waals surface area contributed by atoms with Crippen molar-refractivity contribution in [2.24, 2.45) is 0 Å². The summed E-state index contributed by atoms with van der Waals surface area (Å²) in [7, 11) is 0. The van der Waals surface area contributed by atoms with Crippen LogP contribution in [0.1, 0.15) is 36.1 Å². The molecule has 7 nitrogen and oxygen atoms in total. The van der Waals surface area contributed by atoms with Crippen LogP contribution in [0.3, 0.4) is 0 Å². The van der Waals surface area contributed by atoms with Gasteiger partial charge in [-0.1, -0.05) is 0 Å². The van der Waals surface area contributed by atoms with E-state index in [9.17, 15) is 9.59 Å². The van der Waals surface area contributed by atoms with Gasteiger partial charge in [-0.3, -0.25) is 14.0 Å². The summed E-state index contributed by atoms with van der Waals surface area (Å²) in [5.41, 5.74) is 1.61. The SMILES string of the molecule is CCOC(=O)Cc1cn2c(C=O)c(-c3cc(OCC)ccc3OCC)nc2s1. The minimum atomic E-state index is -0.303. The number of fused-ring (bicyclic) bond motifs is 1. The molecule has 0 amide bonds. The highest BCUT2D eigenvalue weighted by Gasteiger charge is 2.21. The topological polar surface area (TPSA) is 79.1 Å². The van der Waals surface area contributed by atoms with E-state index in [2.05, 4.69) is 4.98 Å². The molecule has 3 aromatic rings. The maximum absolute atomic E-state index is 11.9. The van der Waals surface area contributed by atoms with Gasteiger partial charge >= 0.3 is 5.97 Å². The molecule has 28 heavy (non-hydrogen) atoms. The van der Waals surface area contributed by atoms with Crippen LogP contribution in [0.15, 0.2) is 24.4 Å². The average Bonchev–Trinajstić information content (AvgIpc) is 3.20. The van der Waals surface area contributed by atoms with Gasteiger partial charge in [-0.15, -0.1) is 11.3 Å². The molecule has 0 saturated heterocycles. The first kappa shape index (κ1) is 19.9. The number of thiazole rings is 1. The van der Waals surface area contributed by atoms with E-state index in [4.69, 9.17) is 14.2 Å². The van der Waals surface area contributed by atoms with Crippen LogP contribution in [0, 0.1) is 0 Å². The summed E-state index contributed by atoms with van der Waals surface area (Å²) >= 11 is 1.35. The summed E-state index contributed by atoms with van der Waals surface area (Å²) in [4.78, 5) is 29.6. The third-order valence-corrected chi connectivity index (χ3v) is 4.95. The largest absolute Gasteiger partial charge is 0.494 e. The second-order valence-electron chi connectivity index (χ2n) is 5.82. The van der Waals surface area contributed by atoms with Crippen molar-refractivity contribution >= 4 is 28.6 Å². The van der Waals surface area contributed by atoms with Gasteiger partial charge in [0.05, 0.1) is 26.2 Å². The molecule has 0 bridgehead atoms. The number of carbonyl (C=O) groups is 2. The standard InChI is InChI=1S/C20H22N2O5S/c1-4-25-13-7-8-17(26-5-2)15(9-13)19-16(12-23)22-11-14(28-20(22)21-19)10-18(24)27-6-3/h7-9,11-12H,4-6,10H2,1-3H3. The van der Waals surface area contributed by atoms with Crippen molar-refractivity contribution in [3.63, 3.8) is 0 Å². The Labute approximate surface area is 166 Å². The number of hydrogen-bond donors (Lipinski definition) is 0. The number of carbonyl (C=O) groups excluding carboxylic acids is 2. The normalized spacial score (nSPS) is 10.8. The van der Waals surface area contributed by atoms with Crippen molar-refractivity contribution in [1.29, 1.82) is 0 Å². The number of imidazole rings is 1. The van der Waals surface area contributed by atoms with Crippen LogP contribution in [0.2, 0.25) is 0 Å². The van der Waals surface area contributed by atoms with Gasteiger partial charge in [0.1, 0.15) is 22.9 Å².